The fourth-order valence-electron chi connectivity index (χ4n) is 3.21. The number of nitrogen functional groups attached to an aromatic ring is 1. The number of nitrogens with two attached hydrogens (primary N) is 1. The Kier molecular flexibility index (Phi) is 6.85. The molecule has 0 spiro atoms. The van der Waals surface area contributed by atoms with Crippen molar-refractivity contribution in [1.29, 1.82) is 0 Å². The molecule has 2 amide bonds. The number of amides is 2. The molecule has 1 aliphatic heterocycles. The summed E-state index contributed by atoms with van der Waals surface area (Å²) in [6.45, 7) is 5.59. The van der Waals surface area contributed by atoms with Gasteiger partial charge in [-0.05, 0) is 59.0 Å². The molecule has 7 nitrogen and oxygen atoms in total. The van der Waals surface area contributed by atoms with E-state index in [9.17, 15) is 9.59 Å². The van der Waals surface area contributed by atoms with Gasteiger partial charge in [0.1, 0.15) is 0 Å². The first kappa shape index (κ1) is 20.0. The molecule has 144 valence electrons. The average Bonchev–Trinajstić information content (AvgIpc) is 2.59. The zero-order valence-electron chi connectivity index (χ0n) is 16.2. The van der Waals surface area contributed by atoms with Crippen LogP contribution in [0.2, 0.25) is 0 Å². The second-order valence-corrected chi connectivity index (χ2v) is 7.36. The van der Waals surface area contributed by atoms with Crippen LogP contribution in [-0.4, -0.2) is 62.5 Å². The lowest BCUT2D eigenvalue weighted by Crippen LogP contribution is -2.42. The Bertz CT molecular complexity index is 637. The van der Waals surface area contributed by atoms with Crippen LogP contribution in [0.4, 0.5) is 11.4 Å². The van der Waals surface area contributed by atoms with Crippen LogP contribution in [-0.2, 0) is 4.79 Å². The van der Waals surface area contributed by atoms with Crippen LogP contribution in [0.3, 0.4) is 0 Å². The molecule has 0 aromatic heterocycles. The van der Waals surface area contributed by atoms with Gasteiger partial charge < -0.3 is 26.2 Å². The maximum atomic E-state index is 12.4. The van der Waals surface area contributed by atoms with E-state index in [1.54, 1.807) is 6.07 Å². The topological polar surface area (TPSA) is 90.7 Å². The third-order valence-electron chi connectivity index (χ3n) is 4.70. The molecule has 1 fully saturated rings. The number of piperidine rings is 1. The average molecular weight is 361 g/mol. The van der Waals surface area contributed by atoms with Crippen LogP contribution in [0.5, 0.6) is 0 Å². The van der Waals surface area contributed by atoms with E-state index in [1.807, 2.05) is 26.0 Å². The fraction of sp³-hybridized carbons (Fsp3) is 0.579. The molecule has 1 heterocycles. The maximum Gasteiger partial charge on any atom is 0.253 e. The van der Waals surface area contributed by atoms with Gasteiger partial charge in [0.25, 0.3) is 5.91 Å². The van der Waals surface area contributed by atoms with Crippen molar-refractivity contribution in [2.45, 2.75) is 38.8 Å². The molecule has 4 N–H and O–H groups in total. The Morgan fingerprint density at radius 3 is 2.50 bits per heavy atom. The quantitative estimate of drug-likeness (QED) is 0.659. The zero-order valence-corrected chi connectivity index (χ0v) is 16.2. The minimum Gasteiger partial charge on any atom is -0.398 e. The van der Waals surface area contributed by atoms with Crippen molar-refractivity contribution >= 4 is 23.2 Å². The summed E-state index contributed by atoms with van der Waals surface area (Å²) in [5.74, 6) is -0.541. The normalized spacial score (nSPS) is 15.4. The zero-order chi connectivity index (χ0) is 19.3. The van der Waals surface area contributed by atoms with Crippen molar-refractivity contribution in [3.8, 4) is 0 Å². The van der Waals surface area contributed by atoms with Crippen LogP contribution in [0.1, 0.15) is 37.0 Å². The summed E-state index contributed by atoms with van der Waals surface area (Å²) in [4.78, 5) is 28.7. The van der Waals surface area contributed by atoms with Crippen LogP contribution in [0, 0.1) is 0 Å². The van der Waals surface area contributed by atoms with E-state index in [4.69, 9.17) is 5.73 Å². The van der Waals surface area contributed by atoms with E-state index in [-0.39, 0.29) is 24.4 Å². The van der Waals surface area contributed by atoms with Crippen LogP contribution in [0.15, 0.2) is 18.2 Å². The van der Waals surface area contributed by atoms with Gasteiger partial charge in [-0.3, -0.25) is 9.59 Å². The van der Waals surface area contributed by atoms with Crippen molar-refractivity contribution in [1.82, 2.24) is 15.5 Å². The van der Waals surface area contributed by atoms with Crippen LogP contribution < -0.4 is 21.3 Å². The SMILES string of the molecule is CC(C)NC(=O)CNC(=O)c1cc(N2CCC(N(C)C)CC2)ccc1N. The van der Waals surface area contributed by atoms with Gasteiger partial charge in [-0.1, -0.05) is 0 Å². The van der Waals surface area contributed by atoms with Crippen molar-refractivity contribution in [3.05, 3.63) is 23.8 Å². The Balaban J connectivity index is 2.00. The second kappa shape index (κ2) is 8.89. The molecule has 7 heteroatoms. The number of benzene rings is 1. The molecule has 0 unspecified atom stereocenters. The molecule has 0 bridgehead atoms. The second-order valence-electron chi connectivity index (χ2n) is 7.36. The van der Waals surface area contributed by atoms with E-state index < -0.39 is 0 Å². The highest BCUT2D eigenvalue weighted by Crippen LogP contribution is 2.25. The summed E-state index contributed by atoms with van der Waals surface area (Å²) >= 11 is 0. The number of rotatable bonds is 6. The smallest absolute Gasteiger partial charge is 0.253 e. The molecule has 26 heavy (non-hydrogen) atoms. The van der Waals surface area contributed by atoms with Crippen molar-refractivity contribution in [2.75, 3.05) is 44.4 Å². The number of hydrogen-bond donors (Lipinski definition) is 3. The standard InChI is InChI=1S/C19H31N5O2/c1-13(2)22-18(25)12-21-19(26)16-11-15(5-6-17(16)20)24-9-7-14(8-10-24)23(3)4/h5-6,11,13-14H,7-10,12,20H2,1-4H3,(H,21,26)(H,22,25). The van der Waals surface area contributed by atoms with Gasteiger partial charge in [0.2, 0.25) is 5.91 Å². The summed E-state index contributed by atoms with van der Waals surface area (Å²) < 4.78 is 0. The molecule has 0 radical (unpaired) electrons. The van der Waals surface area contributed by atoms with Gasteiger partial charge in [0, 0.05) is 36.5 Å². The number of nitrogens with one attached hydrogen (secondary N) is 2. The lowest BCUT2D eigenvalue weighted by atomic mass is 10.0. The molecule has 1 aromatic rings. The van der Waals surface area contributed by atoms with Gasteiger partial charge in [-0.25, -0.2) is 0 Å². The number of carbonyl (C=O) groups is 2. The first-order valence-electron chi connectivity index (χ1n) is 9.16. The summed E-state index contributed by atoms with van der Waals surface area (Å²) in [7, 11) is 4.23. The number of carbonyl (C=O) groups excluding carboxylic acids is 2. The minimum atomic E-state index is -0.327. The van der Waals surface area contributed by atoms with E-state index in [2.05, 4.69) is 34.5 Å². The molecule has 0 atom stereocenters. The van der Waals surface area contributed by atoms with Gasteiger partial charge in [-0.15, -0.1) is 0 Å². The van der Waals surface area contributed by atoms with Gasteiger partial charge in [0.05, 0.1) is 12.1 Å². The van der Waals surface area contributed by atoms with Crippen molar-refractivity contribution < 1.29 is 9.59 Å². The highest BCUT2D eigenvalue weighted by Gasteiger charge is 2.22. The third-order valence-corrected chi connectivity index (χ3v) is 4.70. The van der Waals surface area contributed by atoms with Crippen molar-refractivity contribution in [3.63, 3.8) is 0 Å². The molecule has 2 rings (SSSR count). The van der Waals surface area contributed by atoms with Gasteiger partial charge in [0.15, 0.2) is 0 Å². The maximum absolute atomic E-state index is 12.4. The molecule has 0 aliphatic carbocycles. The van der Waals surface area contributed by atoms with Crippen molar-refractivity contribution in [2.24, 2.45) is 0 Å². The largest absolute Gasteiger partial charge is 0.398 e. The van der Waals surface area contributed by atoms with E-state index in [0.717, 1.165) is 31.6 Å². The Hall–Kier alpha value is -2.28. The summed E-state index contributed by atoms with van der Waals surface area (Å²) in [6.07, 6.45) is 2.18. The highest BCUT2D eigenvalue weighted by molar-refractivity contribution is 6.01. The molecule has 1 aromatic carbocycles. The Labute approximate surface area is 155 Å². The Morgan fingerprint density at radius 1 is 1.27 bits per heavy atom. The molecule has 1 saturated heterocycles. The number of nitrogens with zero attached hydrogens (tertiary/aromatic N) is 2. The first-order chi connectivity index (χ1) is 12.3. The molecule has 0 saturated carbocycles. The lowest BCUT2D eigenvalue weighted by Gasteiger charge is -2.36. The van der Waals surface area contributed by atoms with Gasteiger partial charge >= 0.3 is 0 Å². The monoisotopic (exact) mass is 361 g/mol. The predicted octanol–water partition coefficient (Wildman–Crippen LogP) is 1.05. The number of hydrogen-bond acceptors (Lipinski definition) is 5. The third kappa shape index (κ3) is 5.36. The predicted molar refractivity (Wildman–Crippen MR) is 105 cm³/mol. The molecule has 1 aliphatic rings. The molecular weight excluding hydrogens is 330 g/mol. The van der Waals surface area contributed by atoms with E-state index >= 15 is 0 Å². The molecular formula is C19H31N5O2. The fourth-order valence-corrected chi connectivity index (χ4v) is 3.21. The first-order valence-corrected chi connectivity index (χ1v) is 9.16. The highest BCUT2D eigenvalue weighted by atomic mass is 16.2. The summed E-state index contributed by atoms with van der Waals surface area (Å²) in [6, 6.07) is 6.17. The summed E-state index contributed by atoms with van der Waals surface area (Å²) in [5.41, 5.74) is 7.80. The minimum absolute atomic E-state index is 0.0397. The van der Waals surface area contributed by atoms with E-state index in [0.29, 0.717) is 17.3 Å². The Morgan fingerprint density at radius 2 is 1.92 bits per heavy atom. The summed E-state index contributed by atoms with van der Waals surface area (Å²) in [5, 5.41) is 5.38. The van der Waals surface area contributed by atoms with Crippen LogP contribution >= 0.6 is 0 Å². The van der Waals surface area contributed by atoms with Crippen LogP contribution in [0.25, 0.3) is 0 Å². The number of anilines is 2. The van der Waals surface area contributed by atoms with Gasteiger partial charge in [-0.2, -0.15) is 0 Å². The lowest BCUT2D eigenvalue weighted by molar-refractivity contribution is -0.120. The van der Waals surface area contributed by atoms with E-state index in [1.165, 1.54) is 0 Å².